The Bertz CT molecular complexity index is 567. The van der Waals surface area contributed by atoms with Gasteiger partial charge in [-0.2, -0.15) is 0 Å². The Morgan fingerprint density at radius 2 is 1.78 bits per heavy atom. The maximum absolute atomic E-state index is 12.2. The van der Waals surface area contributed by atoms with Crippen LogP contribution >= 0.6 is 11.6 Å². The minimum absolute atomic E-state index is 0.0916. The van der Waals surface area contributed by atoms with E-state index in [2.05, 4.69) is 10.6 Å². The minimum Gasteiger partial charge on any atom is -0.350 e. The van der Waals surface area contributed by atoms with Gasteiger partial charge < -0.3 is 10.6 Å². The zero-order valence-corrected chi connectivity index (χ0v) is 15.3. The molecule has 0 spiro atoms. The highest BCUT2D eigenvalue weighted by Gasteiger charge is 2.18. The summed E-state index contributed by atoms with van der Waals surface area (Å²) in [6.45, 7) is 10.6. The summed E-state index contributed by atoms with van der Waals surface area (Å²) in [4.78, 5) is 25.9. The van der Waals surface area contributed by atoms with E-state index in [1.54, 1.807) is 17.0 Å². The Kier molecular flexibility index (Phi) is 7.03. The average Bonchev–Trinajstić information content (AvgIpc) is 2.40. The summed E-state index contributed by atoms with van der Waals surface area (Å²) in [6.07, 6.45) is 0. The summed E-state index contributed by atoms with van der Waals surface area (Å²) in [5.41, 5.74) is 1.35. The van der Waals surface area contributed by atoms with Gasteiger partial charge >= 0.3 is 0 Å². The third-order valence-electron chi connectivity index (χ3n) is 3.17. The molecule has 1 aromatic carbocycles. The number of rotatable bonds is 6. The number of amides is 2. The first-order chi connectivity index (χ1) is 10.6. The van der Waals surface area contributed by atoms with Gasteiger partial charge in [0.05, 0.1) is 13.1 Å². The van der Waals surface area contributed by atoms with E-state index in [4.69, 9.17) is 11.6 Å². The highest BCUT2D eigenvalue weighted by Crippen LogP contribution is 2.20. The molecule has 2 amide bonds. The lowest BCUT2D eigenvalue weighted by Gasteiger charge is -2.24. The van der Waals surface area contributed by atoms with Crippen LogP contribution in [0.2, 0.25) is 5.02 Å². The maximum Gasteiger partial charge on any atom is 0.238 e. The molecule has 0 aromatic heterocycles. The molecule has 0 aliphatic heterocycles. The SMILES string of the molecule is CCN(CC(=O)Nc1cc(Cl)ccc1C)CC(=O)NC(C)(C)C. The number of carbonyl (C=O) groups is 2. The number of nitrogens with zero attached hydrogens (tertiary/aromatic N) is 1. The molecule has 6 heteroatoms. The standard InChI is InChI=1S/C17H26ClN3O2/c1-6-21(11-16(23)20-17(3,4)5)10-15(22)19-14-9-13(18)8-7-12(14)2/h7-9H,6,10-11H2,1-5H3,(H,19,22)(H,20,23). The van der Waals surface area contributed by atoms with Crippen LogP contribution in [0.1, 0.15) is 33.3 Å². The Morgan fingerprint density at radius 1 is 1.17 bits per heavy atom. The summed E-state index contributed by atoms with van der Waals surface area (Å²) >= 11 is 5.95. The molecular weight excluding hydrogens is 314 g/mol. The van der Waals surface area contributed by atoms with E-state index < -0.39 is 0 Å². The minimum atomic E-state index is -0.281. The van der Waals surface area contributed by atoms with E-state index >= 15 is 0 Å². The van der Waals surface area contributed by atoms with E-state index in [0.717, 1.165) is 5.56 Å². The number of likely N-dealkylation sites (N-methyl/N-ethyl adjacent to an activating group) is 1. The highest BCUT2D eigenvalue weighted by atomic mass is 35.5. The summed E-state index contributed by atoms with van der Waals surface area (Å²) in [6, 6.07) is 5.35. The average molecular weight is 340 g/mol. The lowest BCUT2D eigenvalue weighted by molar-refractivity contribution is -0.124. The first-order valence-electron chi connectivity index (χ1n) is 7.70. The van der Waals surface area contributed by atoms with Gasteiger partial charge in [-0.05, 0) is 51.9 Å². The van der Waals surface area contributed by atoms with Crippen molar-refractivity contribution < 1.29 is 9.59 Å². The Labute approximate surface area is 143 Å². The number of hydrogen-bond acceptors (Lipinski definition) is 3. The van der Waals surface area contributed by atoms with Crippen LogP contribution in [-0.4, -0.2) is 41.9 Å². The van der Waals surface area contributed by atoms with Crippen LogP contribution < -0.4 is 10.6 Å². The van der Waals surface area contributed by atoms with Crippen LogP contribution in [0.25, 0.3) is 0 Å². The summed E-state index contributed by atoms with van der Waals surface area (Å²) < 4.78 is 0. The molecule has 0 radical (unpaired) electrons. The van der Waals surface area contributed by atoms with Crippen molar-refractivity contribution in [1.82, 2.24) is 10.2 Å². The predicted octanol–water partition coefficient (Wildman–Crippen LogP) is 2.82. The number of aryl methyl sites for hydroxylation is 1. The predicted molar refractivity (Wildman–Crippen MR) is 94.8 cm³/mol. The number of anilines is 1. The molecule has 0 fully saturated rings. The maximum atomic E-state index is 12.2. The number of benzene rings is 1. The third kappa shape index (κ3) is 7.48. The van der Waals surface area contributed by atoms with Gasteiger partial charge in [0.25, 0.3) is 0 Å². The molecule has 2 N–H and O–H groups in total. The van der Waals surface area contributed by atoms with E-state index in [1.165, 1.54) is 0 Å². The molecule has 0 saturated heterocycles. The van der Waals surface area contributed by atoms with E-state index in [0.29, 0.717) is 17.3 Å². The number of hydrogen-bond donors (Lipinski definition) is 2. The van der Waals surface area contributed by atoms with Crippen LogP contribution in [-0.2, 0) is 9.59 Å². The van der Waals surface area contributed by atoms with Crippen molar-refractivity contribution in [3.63, 3.8) is 0 Å². The second-order valence-electron chi connectivity index (χ2n) is 6.61. The van der Waals surface area contributed by atoms with Gasteiger partial charge in [-0.1, -0.05) is 24.6 Å². The molecular formula is C17H26ClN3O2. The summed E-state index contributed by atoms with van der Waals surface area (Å²) in [5, 5.41) is 6.31. The van der Waals surface area contributed by atoms with Crippen molar-refractivity contribution in [2.45, 2.75) is 40.2 Å². The summed E-state index contributed by atoms with van der Waals surface area (Å²) in [5.74, 6) is -0.258. The molecule has 5 nitrogen and oxygen atoms in total. The van der Waals surface area contributed by atoms with Crippen LogP contribution in [0.5, 0.6) is 0 Å². The van der Waals surface area contributed by atoms with Gasteiger partial charge in [-0.3, -0.25) is 14.5 Å². The quantitative estimate of drug-likeness (QED) is 0.837. The Morgan fingerprint density at radius 3 is 2.35 bits per heavy atom. The van der Waals surface area contributed by atoms with Gasteiger partial charge in [-0.15, -0.1) is 0 Å². The molecule has 1 rings (SSSR count). The first-order valence-corrected chi connectivity index (χ1v) is 8.08. The van der Waals surface area contributed by atoms with Crippen LogP contribution in [0.3, 0.4) is 0 Å². The molecule has 0 aliphatic rings. The zero-order chi connectivity index (χ0) is 17.6. The zero-order valence-electron chi connectivity index (χ0n) is 14.5. The fourth-order valence-corrected chi connectivity index (χ4v) is 2.23. The number of halogens is 1. The van der Waals surface area contributed by atoms with Crippen molar-refractivity contribution in [2.24, 2.45) is 0 Å². The molecule has 128 valence electrons. The number of nitrogens with one attached hydrogen (secondary N) is 2. The van der Waals surface area contributed by atoms with Crippen molar-refractivity contribution in [2.75, 3.05) is 25.0 Å². The van der Waals surface area contributed by atoms with E-state index in [-0.39, 0.29) is 30.4 Å². The van der Waals surface area contributed by atoms with Crippen LogP contribution in [0.4, 0.5) is 5.69 Å². The third-order valence-corrected chi connectivity index (χ3v) is 3.40. The normalized spacial score (nSPS) is 11.4. The second kappa shape index (κ2) is 8.31. The van der Waals surface area contributed by atoms with Crippen molar-refractivity contribution in [3.05, 3.63) is 28.8 Å². The van der Waals surface area contributed by atoms with Gasteiger partial charge in [0.2, 0.25) is 11.8 Å². The van der Waals surface area contributed by atoms with Crippen molar-refractivity contribution in [1.29, 1.82) is 0 Å². The molecule has 0 saturated carbocycles. The van der Waals surface area contributed by atoms with E-state index in [9.17, 15) is 9.59 Å². The fourth-order valence-electron chi connectivity index (χ4n) is 2.06. The Hall–Kier alpha value is -1.59. The Balaban J connectivity index is 2.59. The smallest absolute Gasteiger partial charge is 0.238 e. The summed E-state index contributed by atoms with van der Waals surface area (Å²) in [7, 11) is 0. The molecule has 0 heterocycles. The topological polar surface area (TPSA) is 61.4 Å². The van der Waals surface area contributed by atoms with Gasteiger partial charge in [0.1, 0.15) is 0 Å². The molecule has 0 atom stereocenters. The first kappa shape index (κ1) is 19.5. The lowest BCUT2D eigenvalue weighted by atomic mass is 10.1. The monoisotopic (exact) mass is 339 g/mol. The van der Waals surface area contributed by atoms with Gasteiger partial charge in [0, 0.05) is 16.2 Å². The second-order valence-corrected chi connectivity index (χ2v) is 7.05. The molecule has 0 aliphatic carbocycles. The molecule has 1 aromatic rings. The molecule has 0 bridgehead atoms. The van der Waals surface area contributed by atoms with Gasteiger partial charge in [-0.25, -0.2) is 0 Å². The van der Waals surface area contributed by atoms with Gasteiger partial charge in [0.15, 0.2) is 0 Å². The molecule has 0 unspecified atom stereocenters. The van der Waals surface area contributed by atoms with Crippen molar-refractivity contribution in [3.8, 4) is 0 Å². The van der Waals surface area contributed by atoms with E-state index in [1.807, 2.05) is 40.7 Å². The largest absolute Gasteiger partial charge is 0.350 e. The fraction of sp³-hybridized carbons (Fsp3) is 0.529. The highest BCUT2D eigenvalue weighted by molar-refractivity contribution is 6.31. The van der Waals surface area contributed by atoms with Crippen LogP contribution in [0, 0.1) is 6.92 Å². The molecule has 23 heavy (non-hydrogen) atoms. The van der Waals surface area contributed by atoms with Crippen LogP contribution in [0.15, 0.2) is 18.2 Å². The van der Waals surface area contributed by atoms with Crippen molar-refractivity contribution >= 4 is 29.1 Å². The lowest BCUT2D eigenvalue weighted by Crippen LogP contribution is -2.47. The number of carbonyl (C=O) groups excluding carboxylic acids is 2.